The Kier molecular flexibility index (Phi) is 3.94. The van der Waals surface area contributed by atoms with Crippen LogP contribution in [0.15, 0.2) is 30.3 Å². The fraction of sp³-hybridized carbons (Fsp3) is 0.167. The molecule has 1 heterocycles. The molecule has 0 amide bonds. The molecule has 0 aliphatic heterocycles. The molecule has 0 bridgehead atoms. The van der Waals surface area contributed by atoms with Gasteiger partial charge in [-0.2, -0.15) is 18.2 Å². The fourth-order valence-electron chi connectivity index (χ4n) is 1.63. The molecule has 9 heteroatoms. The van der Waals surface area contributed by atoms with Crippen LogP contribution in [0.25, 0.3) is 0 Å². The predicted molar refractivity (Wildman–Crippen MR) is 69.3 cm³/mol. The number of nitrogen functional groups attached to an aromatic ring is 1. The highest BCUT2D eigenvalue weighted by atomic mass is 19.4. The van der Waals surface area contributed by atoms with E-state index in [9.17, 15) is 17.6 Å². The van der Waals surface area contributed by atoms with E-state index in [1.165, 1.54) is 36.2 Å². The number of aromatic nitrogens is 2. The predicted octanol–water partition coefficient (Wildman–Crippen LogP) is 2.69. The molecule has 1 aromatic heterocycles. The first-order valence-electron chi connectivity index (χ1n) is 5.73. The van der Waals surface area contributed by atoms with Crippen LogP contribution in [0.5, 0.6) is 0 Å². The molecular formula is C12H11F4N5. The molecule has 0 saturated heterocycles. The van der Waals surface area contributed by atoms with Gasteiger partial charge < -0.3 is 4.90 Å². The number of nitrogens with two attached hydrogens (primary N) is 1. The monoisotopic (exact) mass is 301 g/mol. The minimum Gasteiger partial charge on any atom is -0.329 e. The van der Waals surface area contributed by atoms with Gasteiger partial charge in [-0.15, -0.1) is 0 Å². The summed E-state index contributed by atoms with van der Waals surface area (Å²) >= 11 is 0. The number of nitrogens with one attached hydrogen (secondary N) is 1. The number of halogens is 4. The molecule has 2 rings (SSSR count). The lowest BCUT2D eigenvalue weighted by Crippen LogP contribution is -2.19. The number of hydrogen-bond acceptors (Lipinski definition) is 5. The molecule has 0 radical (unpaired) electrons. The summed E-state index contributed by atoms with van der Waals surface area (Å²) < 4.78 is 51.5. The molecule has 0 aliphatic rings. The Labute approximate surface area is 117 Å². The molecule has 1 aromatic carbocycles. The lowest BCUT2D eigenvalue weighted by Gasteiger charge is -2.20. The molecule has 21 heavy (non-hydrogen) atoms. The number of rotatable bonds is 3. The van der Waals surface area contributed by atoms with E-state index in [1.54, 1.807) is 0 Å². The lowest BCUT2D eigenvalue weighted by molar-refractivity contribution is -0.141. The van der Waals surface area contributed by atoms with Crippen molar-refractivity contribution in [2.75, 3.05) is 17.4 Å². The third kappa shape index (κ3) is 3.37. The Morgan fingerprint density at radius 3 is 2.48 bits per heavy atom. The summed E-state index contributed by atoms with van der Waals surface area (Å²) in [5, 5.41) is 0. The van der Waals surface area contributed by atoms with Gasteiger partial charge in [-0.25, -0.2) is 15.2 Å². The van der Waals surface area contributed by atoms with Crippen LogP contribution in [0.1, 0.15) is 5.69 Å². The van der Waals surface area contributed by atoms with E-state index in [0.717, 1.165) is 6.07 Å². The van der Waals surface area contributed by atoms with Crippen LogP contribution in [0.3, 0.4) is 0 Å². The van der Waals surface area contributed by atoms with Crippen LogP contribution in [0.2, 0.25) is 0 Å². The van der Waals surface area contributed by atoms with Crippen molar-refractivity contribution >= 4 is 17.5 Å². The van der Waals surface area contributed by atoms with E-state index in [2.05, 4.69) is 9.97 Å². The van der Waals surface area contributed by atoms with Gasteiger partial charge in [0.05, 0.1) is 0 Å². The van der Waals surface area contributed by atoms with Crippen molar-refractivity contribution in [3.05, 3.63) is 41.8 Å². The van der Waals surface area contributed by atoms with Gasteiger partial charge >= 0.3 is 6.18 Å². The second-order valence-corrected chi connectivity index (χ2v) is 4.12. The van der Waals surface area contributed by atoms with Crippen molar-refractivity contribution in [1.82, 2.24) is 9.97 Å². The normalized spacial score (nSPS) is 11.3. The van der Waals surface area contributed by atoms with Crippen molar-refractivity contribution in [3.8, 4) is 0 Å². The Balaban J connectivity index is 2.47. The maximum Gasteiger partial charge on any atom is 0.433 e. The van der Waals surface area contributed by atoms with E-state index in [-0.39, 0.29) is 11.8 Å². The van der Waals surface area contributed by atoms with E-state index < -0.39 is 17.7 Å². The van der Waals surface area contributed by atoms with E-state index in [0.29, 0.717) is 5.69 Å². The third-order valence-corrected chi connectivity index (χ3v) is 2.67. The molecule has 112 valence electrons. The number of anilines is 3. The molecule has 5 nitrogen and oxygen atoms in total. The Morgan fingerprint density at radius 1 is 1.19 bits per heavy atom. The highest BCUT2D eigenvalue weighted by Gasteiger charge is 2.34. The standard InChI is InChI=1S/C12H11F4N5/c1-21(8-4-2-3-7(13)5-8)10-6-9(12(14,15)16)18-11(19-10)20-17/h2-6H,17H2,1H3,(H,18,19,20). The van der Waals surface area contributed by atoms with Gasteiger partial charge in [-0.3, -0.25) is 5.43 Å². The fourth-order valence-corrected chi connectivity index (χ4v) is 1.63. The zero-order valence-electron chi connectivity index (χ0n) is 10.8. The molecule has 3 N–H and O–H groups in total. The smallest absolute Gasteiger partial charge is 0.329 e. The first-order valence-corrected chi connectivity index (χ1v) is 5.73. The summed E-state index contributed by atoms with van der Waals surface area (Å²) in [6.07, 6.45) is -4.65. The van der Waals surface area contributed by atoms with Gasteiger partial charge in [-0.05, 0) is 18.2 Å². The van der Waals surface area contributed by atoms with E-state index >= 15 is 0 Å². The molecule has 2 aromatic rings. The highest BCUT2D eigenvalue weighted by Crippen LogP contribution is 2.32. The van der Waals surface area contributed by atoms with Crippen LogP contribution in [-0.4, -0.2) is 17.0 Å². The summed E-state index contributed by atoms with van der Waals surface area (Å²) in [6, 6.07) is 6.13. The lowest BCUT2D eigenvalue weighted by atomic mass is 10.2. The van der Waals surface area contributed by atoms with Crippen LogP contribution in [-0.2, 0) is 6.18 Å². The van der Waals surface area contributed by atoms with Crippen molar-refractivity contribution in [3.63, 3.8) is 0 Å². The maximum atomic E-state index is 13.2. The minimum absolute atomic E-state index is 0.0733. The van der Waals surface area contributed by atoms with Crippen molar-refractivity contribution in [2.24, 2.45) is 5.84 Å². The summed E-state index contributed by atoms with van der Waals surface area (Å²) in [5.74, 6) is 4.10. The highest BCUT2D eigenvalue weighted by molar-refractivity contribution is 5.60. The first-order chi connectivity index (χ1) is 9.81. The van der Waals surface area contributed by atoms with Crippen LogP contribution in [0, 0.1) is 5.82 Å². The SMILES string of the molecule is CN(c1cccc(F)c1)c1cc(C(F)(F)F)nc(NN)n1. The number of hydrazine groups is 1. The number of hydrogen-bond donors (Lipinski definition) is 2. The Bertz CT molecular complexity index is 644. The van der Waals surface area contributed by atoms with Gasteiger partial charge in [0.15, 0.2) is 5.69 Å². The molecule has 0 atom stereocenters. The molecule has 0 saturated carbocycles. The second kappa shape index (κ2) is 5.52. The van der Waals surface area contributed by atoms with E-state index in [4.69, 9.17) is 5.84 Å². The van der Waals surface area contributed by atoms with Crippen molar-refractivity contribution in [2.45, 2.75) is 6.18 Å². The summed E-state index contributed by atoms with van der Waals surface area (Å²) in [4.78, 5) is 8.36. The number of nitrogens with zero attached hydrogens (tertiary/aromatic N) is 3. The minimum atomic E-state index is -4.65. The summed E-state index contributed by atoms with van der Waals surface area (Å²) in [5.41, 5.74) is 1.16. The van der Waals surface area contributed by atoms with Gasteiger partial charge in [-0.1, -0.05) is 6.07 Å². The zero-order chi connectivity index (χ0) is 15.6. The molecule has 0 spiro atoms. The molecule has 0 unspecified atom stereocenters. The van der Waals surface area contributed by atoms with Crippen LogP contribution < -0.4 is 16.2 Å². The summed E-state index contributed by atoms with van der Waals surface area (Å²) in [6.45, 7) is 0. The second-order valence-electron chi connectivity index (χ2n) is 4.12. The summed E-state index contributed by atoms with van der Waals surface area (Å²) in [7, 11) is 1.46. The van der Waals surface area contributed by atoms with Gasteiger partial charge in [0.2, 0.25) is 5.95 Å². The zero-order valence-corrected chi connectivity index (χ0v) is 10.8. The largest absolute Gasteiger partial charge is 0.433 e. The van der Waals surface area contributed by atoms with Gasteiger partial charge in [0.1, 0.15) is 11.6 Å². The first kappa shape index (κ1) is 15.0. The van der Waals surface area contributed by atoms with E-state index in [1.807, 2.05) is 5.43 Å². The van der Waals surface area contributed by atoms with Crippen molar-refractivity contribution in [1.29, 1.82) is 0 Å². The van der Waals surface area contributed by atoms with Crippen LogP contribution >= 0.6 is 0 Å². The molecule has 0 fully saturated rings. The average molecular weight is 301 g/mol. The molecular weight excluding hydrogens is 290 g/mol. The number of benzene rings is 1. The topological polar surface area (TPSA) is 67.1 Å². The van der Waals surface area contributed by atoms with Gasteiger partial charge in [0.25, 0.3) is 0 Å². The number of alkyl halides is 3. The van der Waals surface area contributed by atoms with Gasteiger partial charge in [0, 0.05) is 18.8 Å². The third-order valence-electron chi connectivity index (χ3n) is 2.67. The Morgan fingerprint density at radius 2 is 1.90 bits per heavy atom. The molecule has 0 aliphatic carbocycles. The van der Waals surface area contributed by atoms with Crippen molar-refractivity contribution < 1.29 is 17.6 Å². The maximum absolute atomic E-state index is 13.2. The Hall–Kier alpha value is -2.42. The average Bonchev–Trinajstić information content (AvgIpc) is 2.45. The van der Waals surface area contributed by atoms with Crippen LogP contribution in [0.4, 0.5) is 35.0 Å². The quantitative estimate of drug-likeness (QED) is 0.518.